The van der Waals surface area contributed by atoms with E-state index >= 15 is 0 Å². The molecule has 0 aromatic carbocycles. The molecule has 1 rings (SSSR count). The van der Waals surface area contributed by atoms with Crippen LogP contribution in [0.25, 0.3) is 0 Å². The number of rotatable bonds is 11. The molecular weight excluding hydrogens is 296 g/mol. The third-order valence-electron chi connectivity index (χ3n) is 3.75. The Balaban J connectivity index is 2.12. The molecule has 0 radical (unpaired) electrons. The molecule has 124 valence electrons. The van der Waals surface area contributed by atoms with Crippen molar-refractivity contribution >= 4 is 23.2 Å². The highest BCUT2D eigenvalue weighted by atomic mass is 32.1. The Morgan fingerprint density at radius 2 is 1.91 bits per heavy atom. The van der Waals surface area contributed by atoms with Gasteiger partial charge >= 0.3 is 0 Å². The highest BCUT2D eigenvalue weighted by Crippen LogP contribution is 2.11. The molecular formula is C17H28N2O2S. The van der Waals surface area contributed by atoms with Crippen LogP contribution in [0.4, 0.5) is 0 Å². The summed E-state index contributed by atoms with van der Waals surface area (Å²) >= 11 is 1.62. The molecule has 0 aliphatic carbocycles. The zero-order valence-corrected chi connectivity index (χ0v) is 14.5. The maximum Gasteiger partial charge on any atom is 0.220 e. The van der Waals surface area contributed by atoms with Gasteiger partial charge in [-0.15, -0.1) is 11.3 Å². The van der Waals surface area contributed by atoms with Gasteiger partial charge < -0.3 is 10.6 Å². The van der Waals surface area contributed by atoms with E-state index in [9.17, 15) is 9.59 Å². The van der Waals surface area contributed by atoms with E-state index in [1.807, 2.05) is 17.5 Å². The van der Waals surface area contributed by atoms with E-state index in [1.165, 1.54) is 12.8 Å². The van der Waals surface area contributed by atoms with Crippen molar-refractivity contribution in [2.24, 2.45) is 5.92 Å². The van der Waals surface area contributed by atoms with Gasteiger partial charge in [0.05, 0.1) is 6.54 Å². The number of nitrogens with one attached hydrogen (secondary N) is 2. The summed E-state index contributed by atoms with van der Waals surface area (Å²) < 4.78 is 0. The van der Waals surface area contributed by atoms with Gasteiger partial charge in [0.15, 0.2) is 0 Å². The SMILES string of the molecule is CCCC[C@@H](CC)CNC(=O)CCC(=O)NCc1cccs1. The van der Waals surface area contributed by atoms with Crippen LogP contribution in [-0.4, -0.2) is 18.4 Å². The van der Waals surface area contributed by atoms with E-state index in [0.717, 1.165) is 24.3 Å². The van der Waals surface area contributed by atoms with Crippen LogP contribution >= 0.6 is 11.3 Å². The Bertz CT molecular complexity index is 432. The summed E-state index contributed by atoms with van der Waals surface area (Å²) in [6.45, 7) is 5.61. The molecule has 0 fully saturated rings. The molecule has 5 heteroatoms. The van der Waals surface area contributed by atoms with E-state index in [0.29, 0.717) is 12.5 Å². The summed E-state index contributed by atoms with van der Waals surface area (Å²) in [6.07, 6.45) is 5.16. The molecule has 1 atom stereocenters. The summed E-state index contributed by atoms with van der Waals surface area (Å²) in [6, 6.07) is 3.95. The molecule has 2 N–H and O–H groups in total. The van der Waals surface area contributed by atoms with Gasteiger partial charge in [-0.1, -0.05) is 39.2 Å². The van der Waals surface area contributed by atoms with Gasteiger partial charge in [-0.25, -0.2) is 0 Å². The third-order valence-corrected chi connectivity index (χ3v) is 4.63. The lowest BCUT2D eigenvalue weighted by Gasteiger charge is -2.15. The molecule has 22 heavy (non-hydrogen) atoms. The van der Waals surface area contributed by atoms with E-state index in [-0.39, 0.29) is 24.7 Å². The first kappa shape index (κ1) is 18.7. The average molecular weight is 324 g/mol. The average Bonchev–Trinajstić information content (AvgIpc) is 3.04. The summed E-state index contributed by atoms with van der Waals surface area (Å²) in [5.74, 6) is 0.458. The monoisotopic (exact) mass is 324 g/mol. The van der Waals surface area contributed by atoms with Gasteiger partial charge in [-0.2, -0.15) is 0 Å². The molecule has 1 heterocycles. The van der Waals surface area contributed by atoms with Crippen LogP contribution in [0, 0.1) is 5.92 Å². The minimum absolute atomic E-state index is 0.0266. The fourth-order valence-corrected chi connectivity index (χ4v) is 2.85. The standard InChI is InChI=1S/C17H28N2O2S/c1-3-5-7-14(4-2)12-18-16(20)9-10-17(21)19-13-15-8-6-11-22-15/h6,8,11,14H,3-5,7,9-10,12-13H2,1-2H3,(H,18,20)(H,19,21)/t14-/m1/s1. The number of amides is 2. The van der Waals surface area contributed by atoms with Gasteiger partial charge in [0.1, 0.15) is 0 Å². The zero-order chi connectivity index (χ0) is 16.2. The van der Waals surface area contributed by atoms with E-state index in [4.69, 9.17) is 0 Å². The normalized spacial score (nSPS) is 11.9. The molecule has 4 nitrogen and oxygen atoms in total. The summed E-state index contributed by atoms with van der Waals surface area (Å²) in [4.78, 5) is 24.6. The van der Waals surface area contributed by atoms with Crippen molar-refractivity contribution in [1.82, 2.24) is 10.6 Å². The second-order valence-electron chi connectivity index (χ2n) is 5.58. The predicted molar refractivity (Wildman–Crippen MR) is 91.7 cm³/mol. The van der Waals surface area contributed by atoms with Crippen LogP contribution in [0.5, 0.6) is 0 Å². The Morgan fingerprint density at radius 3 is 2.50 bits per heavy atom. The van der Waals surface area contributed by atoms with E-state index in [1.54, 1.807) is 11.3 Å². The minimum atomic E-state index is -0.0680. The first-order chi connectivity index (χ1) is 10.7. The topological polar surface area (TPSA) is 58.2 Å². The molecule has 0 unspecified atom stereocenters. The van der Waals surface area contributed by atoms with Crippen LogP contribution in [0.15, 0.2) is 17.5 Å². The molecule has 2 amide bonds. The molecule has 0 bridgehead atoms. The van der Waals surface area contributed by atoms with Crippen molar-refractivity contribution in [1.29, 1.82) is 0 Å². The van der Waals surface area contributed by atoms with Gasteiger partial charge in [0, 0.05) is 24.3 Å². The molecule has 0 aliphatic heterocycles. The largest absolute Gasteiger partial charge is 0.356 e. The Labute approximate surface area is 137 Å². The van der Waals surface area contributed by atoms with Crippen molar-refractivity contribution in [3.8, 4) is 0 Å². The van der Waals surface area contributed by atoms with Crippen LogP contribution in [0.3, 0.4) is 0 Å². The van der Waals surface area contributed by atoms with Crippen molar-refractivity contribution < 1.29 is 9.59 Å². The molecule has 0 saturated heterocycles. The first-order valence-electron chi connectivity index (χ1n) is 8.21. The van der Waals surface area contributed by atoms with Crippen LogP contribution in [0.1, 0.15) is 57.2 Å². The van der Waals surface area contributed by atoms with Crippen LogP contribution in [-0.2, 0) is 16.1 Å². The smallest absolute Gasteiger partial charge is 0.220 e. The number of thiophene rings is 1. The van der Waals surface area contributed by atoms with Crippen molar-refractivity contribution in [3.63, 3.8) is 0 Å². The molecule has 0 spiro atoms. The highest BCUT2D eigenvalue weighted by molar-refractivity contribution is 7.09. The van der Waals surface area contributed by atoms with Crippen LogP contribution in [0.2, 0.25) is 0 Å². The molecule has 1 aromatic rings. The fourth-order valence-electron chi connectivity index (χ4n) is 2.20. The van der Waals surface area contributed by atoms with Crippen molar-refractivity contribution in [3.05, 3.63) is 22.4 Å². The number of hydrogen-bond donors (Lipinski definition) is 2. The number of carbonyl (C=O) groups is 2. The lowest BCUT2D eigenvalue weighted by atomic mass is 9.99. The number of carbonyl (C=O) groups excluding carboxylic acids is 2. The minimum Gasteiger partial charge on any atom is -0.356 e. The third kappa shape index (κ3) is 8.17. The second-order valence-corrected chi connectivity index (χ2v) is 6.61. The van der Waals surface area contributed by atoms with Gasteiger partial charge in [-0.3, -0.25) is 9.59 Å². The van der Waals surface area contributed by atoms with Gasteiger partial charge in [0.2, 0.25) is 11.8 Å². The quantitative estimate of drug-likeness (QED) is 0.655. The van der Waals surface area contributed by atoms with Gasteiger partial charge in [-0.05, 0) is 23.8 Å². The number of hydrogen-bond acceptors (Lipinski definition) is 3. The Morgan fingerprint density at radius 1 is 1.18 bits per heavy atom. The lowest BCUT2D eigenvalue weighted by Crippen LogP contribution is -2.30. The highest BCUT2D eigenvalue weighted by Gasteiger charge is 2.10. The van der Waals surface area contributed by atoms with Crippen molar-refractivity contribution in [2.75, 3.05) is 6.54 Å². The predicted octanol–water partition coefficient (Wildman–Crippen LogP) is 3.48. The zero-order valence-electron chi connectivity index (χ0n) is 13.7. The summed E-state index contributed by atoms with van der Waals surface area (Å²) in [7, 11) is 0. The fraction of sp³-hybridized carbons (Fsp3) is 0.647. The second kappa shape index (κ2) is 11.2. The molecule has 0 aliphatic rings. The maximum atomic E-state index is 11.8. The Hall–Kier alpha value is -1.36. The Kier molecular flexibility index (Phi) is 9.55. The molecule has 1 aromatic heterocycles. The van der Waals surface area contributed by atoms with E-state index in [2.05, 4.69) is 24.5 Å². The first-order valence-corrected chi connectivity index (χ1v) is 9.09. The number of unbranched alkanes of at least 4 members (excludes halogenated alkanes) is 1. The lowest BCUT2D eigenvalue weighted by molar-refractivity contribution is -0.126. The summed E-state index contributed by atoms with van der Waals surface area (Å²) in [5.41, 5.74) is 0. The van der Waals surface area contributed by atoms with Crippen LogP contribution < -0.4 is 10.6 Å². The van der Waals surface area contributed by atoms with E-state index < -0.39 is 0 Å². The summed E-state index contributed by atoms with van der Waals surface area (Å²) in [5, 5.41) is 7.77. The molecule has 0 saturated carbocycles. The van der Waals surface area contributed by atoms with Gasteiger partial charge in [0.25, 0.3) is 0 Å². The van der Waals surface area contributed by atoms with Crippen molar-refractivity contribution in [2.45, 2.75) is 58.9 Å². The maximum absolute atomic E-state index is 11.8.